The summed E-state index contributed by atoms with van der Waals surface area (Å²) in [5.74, 6) is 0.798. The third kappa shape index (κ3) is 3.53. The summed E-state index contributed by atoms with van der Waals surface area (Å²) in [4.78, 5) is 31.5. The van der Waals surface area contributed by atoms with Crippen LogP contribution in [0.25, 0.3) is 15.9 Å². The molecule has 2 N–H and O–H groups in total. The molecule has 3 aromatic rings. The second-order valence-electron chi connectivity index (χ2n) is 6.97. The van der Waals surface area contributed by atoms with Crippen LogP contribution in [0.4, 0.5) is 0 Å². The molecule has 1 aromatic carbocycles. The summed E-state index contributed by atoms with van der Waals surface area (Å²) in [6, 6.07) is 9.57. The van der Waals surface area contributed by atoms with E-state index in [1.807, 2.05) is 30.3 Å². The minimum absolute atomic E-state index is 0.0140. The van der Waals surface area contributed by atoms with E-state index in [9.17, 15) is 9.59 Å². The van der Waals surface area contributed by atoms with Gasteiger partial charge in [0.05, 0.1) is 11.1 Å². The zero-order chi connectivity index (χ0) is 19.0. The standard InChI is InChI=1S/C20H21N3O2S2/c1-12-7-8-14-15(11-12)27-18-17(14)19(25)23(13-5-3-2-4-6-13)20(22-18)26-10-9-16(21)24/h2-6,12H,7-11H2,1H3,(H2,21,24)/t12-/m0/s1. The lowest BCUT2D eigenvalue weighted by atomic mass is 9.89. The van der Waals surface area contributed by atoms with Crippen LogP contribution in [-0.4, -0.2) is 21.2 Å². The Morgan fingerprint density at radius 3 is 2.89 bits per heavy atom. The van der Waals surface area contributed by atoms with Gasteiger partial charge in [0.15, 0.2) is 5.16 Å². The van der Waals surface area contributed by atoms with Crippen molar-refractivity contribution in [2.75, 3.05) is 5.75 Å². The van der Waals surface area contributed by atoms with Crippen molar-refractivity contribution in [2.24, 2.45) is 11.7 Å². The molecule has 140 valence electrons. The molecule has 7 heteroatoms. The predicted molar refractivity (Wildman–Crippen MR) is 111 cm³/mol. The number of aryl methyl sites for hydroxylation is 1. The first-order valence-corrected chi connectivity index (χ1v) is 10.9. The van der Waals surface area contributed by atoms with Crippen LogP contribution >= 0.6 is 23.1 Å². The number of thioether (sulfide) groups is 1. The average Bonchev–Trinajstić information content (AvgIpc) is 2.99. The van der Waals surface area contributed by atoms with E-state index < -0.39 is 0 Å². The number of nitrogens with zero attached hydrogens (tertiary/aromatic N) is 2. The van der Waals surface area contributed by atoms with Gasteiger partial charge in [0.1, 0.15) is 4.83 Å². The van der Waals surface area contributed by atoms with Gasteiger partial charge < -0.3 is 5.73 Å². The maximum absolute atomic E-state index is 13.5. The third-order valence-corrected chi connectivity index (χ3v) is 6.98. The van der Waals surface area contributed by atoms with Gasteiger partial charge in [-0.1, -0.05) is 36.9 Å². The van der Waals surface area contributed by atoms with Gasteiger partial charge in [0.25, 0.3) is 5.56 Å². The van der Waals surface area contributed by atoms with E-state index >= 15 is 0 Å². The molecule has 2 aromatic heterocycles. The van der Waals surface area contributed by atoms with Crippen molar-refractivity contribution >= 4 is 39.2 Å². The molecule has 27 heavy (non-hydrogen) atoms. The summed E-state index contributed by atoms with van der Waals surface area (Å²) >= 11 is 3.05. The van der Waals surface area contributed by atoms with Gasteiger partial charge in [-0.05, 0) is 42.9 Å². The van der Waals surface area contributed by atoms with Gasteiger partial charge in [-0.25, -0.2) is 4.98 Å². The average molecular weight is 400 g/mol. The van der Waals surface area contributed by atoms with Crippen molar-refractivity contribution in [2.45, 2.75) is 37.8 Å². The SMILES string of the molecule is C[C@H]1CCc2c(sc3nc(SCCC(N)=O)n(-c4ccccc4)c(=O)c23)C1. The molecular weight excluding hydrogens is 378 g/mol. The Labute approximate surface area is 165 Å². The number of hydrogen-bond acceptors (Lipinski definition) is 5. The molecular formula is C20H21N3O2S2. The largest absolute Gasteiger partial charge is 0.370 e. The highest BCUT2D eigenvalue weighted by atomic mass is 32.2. The summed E-state index contributed by atoms with van der Waals surface area (Å²) in [6.45, 7) is 2.26. The number of hydrogen-bond donors (Lipinski definition) is 1. The number of para-hydroxylation sites is 1. The molecule has 1 aliphatic rings. The molecule has 1 aliphatic carbocycles. The lowest BCUT2D eigenvalue weighted by Crippen LogP contribution is -2.23. The number of primary amides is 1. The first-order valence-electron chi connectivity index (χ1n) is 9.08. The Balaban J connectivity index is 1.89. The lowest BCUT2D eigenvalue weighted by Gasteiger charge is -2.17. The Morgan fingerprint density at radius 1 is 1.37 bits per heavy atom. The van der Waals surface area contributed by atoms with E-state index in [0.29, 0.717) is 16.8 Å². The van der Waals surface area contributed by atoms with E-state index in [2.05, 4.69) is 6.92 Å². The molecule has 0 radical (unpaired) electrons. The summed E-state index contributed by atoms with van der Waals surface area (Å²) in [6.07, 6.45) is 3.33. The van der Waals surface area contributed by atoms with Crippen LogP contribution in [0, 0.1) is 5.92 Å². The van der Waals surface area contributed by atoms with Crippen LogP contribution in [0.5, 0.6) is 0 Å². The quantitative estimate of drug-likeness (QED) is 0.526. The number of carbonyl (C=O) groups excluding carboxylic acids is 1. The number of rotatable bonds is 5. The predicted octanol–water partition coefficient (Wildman–Crippen LogP) is 3.54. The van der Waals surface area contributed by atoms with Crippen LogP contribution in [0.1, 0.15) is 30.2 Å². The van der Waals surface area contributed by atoms with Gasteiger partial charge in [-0.15, -0.1) is 11.3 Å². The first kappa shape index (κ1) is 18.3. The zero-order valence-corrected chi connectivity index (χ0v) is 16.7. The Kier molecular flexibility index (Phi) is 5.06. The van der Waals surface area contributed by atoms with Crippen LogP contribution < -0.4 is 11.3 Å². The minimum Gasteiger partial charge on any atom is -0.370 e. The van der Waals surface area contributed by atoms with Crippen molar-refractivity contribution < 1.29 is 4.79 Å². The lowest BCUT2D eigenvalue weighted by molar-refractivity contribution is -0.117. The summed E-state index contributed by atoms with van der Waals surface area (Å²) in [7, 11) is 0. The fourth-order valence-corrected chi connectivity index (χ4v) is 5.91. The third-order valence-electron chi connectivity index (χ3n) is 4.89. The molecule has 0 saturated heterocycles. The van der Waals surface area contributed by atoms with Crippen molar-refractivity contribution in [1.82, 2.24) is 9.55 Å². The molecule has 0 aliphatic heterocycles. The second kappa shape index (κ2) is 7.48. The fraction of sp³-hybridized carbons (Fsp3) is 0.350. The Bertz CT molecular complexity index is 1060. The van der Waals surface area contributed by atoms with Crippen molar-refractivity contribution in [3.05, 3.63) is 51.1 Å². The first-order chi connectivity index (χ1) is 13.0. The molecule has 1 amide bonds. The topological polar surface area (TPSA) is 78.0 Å². The van der Waals surface area contributed by atoms with Gasteiger partial charge in [-0.2, -0.15) is 0 Å². The second-order valence-corrected chi connectivity index (χ2v) is 9.11. The van der Waals surface area contributed by atoms with Crippen LogP contribution in [0.2, 0.25) is 0 Å². The van der Waals surface area contributed by atoms with Crippen LogP contribution in [0.3, 0.4) is 0 Å². The van der Waals surface area contributed by atoms with Crippen molar-refractivity contribution in [1.29, 1.82) is 0 Å². The monoisotopic (exact) mass is 399 g/mol. The number of benzene rings is 1. The number of thiophene rings is 1. The number of nitrogens with two attached hydrogens (primary N) is 1. The summed E-state index contributed by atoms with van der Waals surface area (Å²) in [5.41, 5.74) is 7.23. The summed E-state index contributed by atoms with van der Waals surface area (Å²) < 4.78 is 1.68. The van der Waals surface area contributed by atoms with Gasteiger partial charge in [0, 0.05) is 17.1 Å². The number of amides is 1. The van der Waals surface area contributed by atoms with E-state index in [1.54, 1.807) is 15.9 Å². The van der Waals surface area contributed by atoms with Crippen LogP contribution in [0.15, 0.2) is 40.3 Å². The van der Waals surface area contributed by atoms with E-state index in [1.165, 1.54) is 22.2 Å². The van der Waals surface area contributed by atoms with E-state index in [0.717, 1.165) is 35.2 Å². The fourth-order valence-electron chi connectivity index (χ4n) is 3.52. The molecule has 2 heterocycles. The molecule has 0 unspecified atom stereocenters. The highest BCUT2D eigenvalue weighted by Gasteiger charge is 2.25. The Morgan fingerprint density at radius 2 is 2.15 bits per heavy atom. The maximum atomic E-state index is 13.5. The highest BCUT2D eigenvalue weighted by molar-refractivity contribution is 7.99. The molecule has 1 atom stereocenters. The van der Waals surface area contributed by atoms with Gasteiger partial charge >= 0.3 is 0 Å². The molecule has 5 nitrogen and oxygen atoms in total. The van der Waals surface area contributed by atoms with E-state index in [4.69, 9.17) is 10.7 Å². The molecule has 0 spiro atoms. The molecule has 0 bridgehead atoms. The number of fused-ring (bicyclic) bond motifs is 3. The minimum atomic E-state index is -0.349. The summed E-state index contributed by atoms with van der Waals surface area (Å²) in [5, 5.41) is 1.39. The Hall–Kier alpha value is -2.12. The van der Waals surface area contributed by atoms with Crippen molar-refractivity contribution in [3.63, 3.8) is 0 Å². The van der Waals surface area contributed by atoms with Crippen LogP contribution in [-0.2, 0) is 17.6 Å². The smallest absolute Gasteiger partial charge is 0.267 e. The molecule has 0 fully saturated rings. The van der Waals surface area contributed by atoms with E-state index in [-0.39, 0.29) is 17.9 Å². The van der Waals surface area contributed by atoms with Gasteiger partial charge in [-0.3, -0.25) is 14.2 Å². The maximum Gasteiger partial charge on any atom is 0.267 e. The molecule has 0 saturated carbocycles. The number of aromatic nitrogens is 2. The van der Waals surface area contributed by atoms with Crippen molar-refractivity contribution in [3.8, 4) is 5.69 Å². The van der Waals surface area contributed by atoms with Gasteiger partial charge in [0.2, 0.25) is 5.91 Å². The highest BCUT2D eigenvalue weighted by Crippen LogP contribution is 2.37. The zero-order valence-electron chi connectivity index (χ0n) is 15.1. The molecule has 4 rings (SSSR count). The normalized spacial score (nSPS) is 16.4. The number of carbonyl (C=O) groups is 1.